The summed E-state index contributed by atoms with van der Waals surface area (Å²) in [5.74, 6) is 2.06. The molecule has 2 heterocycles. The number of aromatic nitrogens is 2. The minimum Gasteiger partial charge on any atom is -0.497 e. The number of imidazole rings is 1. The molecule has 0 radical (unpaired) electrons. The van der Waals surface area contributed by atoms with E-state index < -0.39 is 0 Å². The molecule has 0 saturated carbocycles. The molecule has 5 nitrogen and oxygen atoms in total. The highest BCUT2D eigenvalue weighted by atomic mass is 16.5. The summed E-state index contributed by atoms with van der Waals surface area (Å²) in [6.07, 6.45) is 6.24. The first-order valence-corrected chi connectivity index (χ1v) is 8.75. The van der Waals surface area contributed by atoms with Crippen LogP contribution >= 0.6 is 0 Å². The van der Waals surface area contributed by atoms with Crippen LogP contribution in [0.15, 0.2) is 36.7 Å². The van der Waals surface area contributed by atoms with Gasteiger partial charge < -0.3 is 14.0 Å². The molecular weight excluding hydrogens is 302 g/mol. The van der Waals surface area contributed by atoms with E-state index in [1.807, 2.05) is 18.3 Å². The Morgan fingerprint density at radius 1 is 1.38 bits per heavy atom. The first-order valence-electron chi connectivity index (χ1n) is 8.75. The minimum absolute atomic E-state index is 0.223. The molecule has 0 spiro atoms. The molecule has 0 amide bonds. The molecule has 1 saturated heterocycles. The average Bonchev–Trinajstić information content (AvgIpc) is 3.03. The highest BCUT2D eigenvalue weighted by molar-refractivity contribution is 5.28. The van der Waals surface area contributed by atoms with E-state index in [-0.39, 0.29) is 6.10 Å². The molecule has 5 heteroatoms. The number of nitrogens with zero attached hydrogens (tertiary/aromatic N) is 3. The molecule has 0 bridgehead atoms. The van der Waals surface area contributed by atoms with Crippen LogP contribution < -0.4 is 4.74 Å². The van der Waals surface area contributed by atoms with Gasteiger partial charge in [0.1, 0.15) is 11.6 Å². The normalized spacial score (nSPS) is 18.7. The molecule has 1 fully saturated rings. The molecule has 2 aromatic rings. The highest BCUT2D eigenvalue weighted by Crippen LogP contribution is 2.18. The predicted molar refractivity (Wildman–Crippen MR) is 94.2 cm³/mol. The van der Waals surface area contributed by atoms with Crippen molar-refractivity contribution < 1.29 is 9.47 Å². The predicted octanol–water partition coefficient (Wildman–Crippen LogP) is 2.75. The van der Waals surface area contributed by atoms with Crippen LogP contribution in [0.1, 0.15) is 24.7 Å². The van der Waals surface area contributed by atoms with Crippen LogP contribution in [-0.2, 0) is 24.2 Å². The fraction of sp³-hybridized carbons (Fsp3) is 0.526. The number of aryl methyl sites for hydroxylation is 1. The van der Waals surface area contributed by atoms with Gasteiger partial charge in [-0.25, -0.2) is 4.98 Å². The van der Waals surface area contributed by atoms with Gasteiger partial charge in [0.05, 0.1) is 26.4 Å². The molecular formula is C19H27N3O2. The maximum absolute atomic E-state index is 5.97. The third kappa shape index (κ3) is 4.36. The van der Waals surface area contributed by atoms with Crippen LogP contribution in [0.4, 0.5) is 0 Å². The Hall–Kier alpha value is -1.85. The molecule has 130 valence electrons. The smallest absolute Gasteiger partial charge is 0.122 e. The summed E-state index contributed by atoms with van der Waals surface area (Å²) in [4.78, 5) is 6.97. The van der Waals surface area contributed by atoms with Gasteiger partial charge in [0.2, 0.25) is 0 Å². The number of hydrogen-bond donors (Lipinski definition) is 0. The Bertz CT molecular complexity index is 641. The Morgan fingerprint density at radius 3 is 3.12 bits per heavy atom. The molecule has 1 aliphatic heterocycles. The summed E-state index contributed by atoms with van der Waals surface area (Å²) in [5.41, 5.74) is 1.26. The number of methoxy groups -OCH3 is 1. The topological polar surface area (TPSA) is 39.5 Å². The lowest BCUT2D eigenvalue weighted by atomic mass is 10.1. The lowest BCUT2D eigenvalue weighted by molar-refractivity contribution is -0.0315. The van der Waals surface area contributed by atoms with Crippen molar-refractivity contribution in [1.82, 2.24) is 14.5 Å². The maximum atomic E-state index is 5.97. The van der Waals surface area contributed by atoms with Crippen molar-refractivity contribution in [3.63, 3.8) is 0 Å². The molecule has 1 aliphatic rings. The van der Waals surface area contributed by atoms with Gasteiger partial charge in [-0.2, -0.15) is 0 Å². The van der Waals surface area contributed by atoms with Crippen molar-refractivity contribution in [2.24, 2.45) is 0 Å². The van der Waals surface area contributed by atoms with Gasteiger partial charge in [0, 0.05) is 38.4 Å². The molecule has 1 aromatic heterocycles. The number of ether oxygens (including phenoxy) is 2. The number of rotatable bonds is 7. The van der Waals surface area contributed by atoms with Crippen LogP contribution in [0.3, 0.4) is 0 Å². The van der Waals surface area contributed by atoms with E-state index in [1.54, 1.807) is 7.11 Å². The number of benzene rings is 1. The van der Waals surface area contributed by atoms with Crippen molar-refractivity contribution in [3.8, 4) is 5.75 Å². The van der Waals surface area contributed by atoms with Crippen molar-refractivity contribution >= 4 is 0 Å². The molecule has 3 rings (SSSR count). The summed E-state index contributed by atoms with van der Waals surface area (Å²) in [6, 6.07) is 8.25. The molecule has 1 unspecified atom stereocenters. The standard InChI is InChI=1S/C19H27N3O2/c1-3-8-22-9-7-20-19(22)15-21-10-11-24-18(14-21)13-16-5-4-6-17(12-16)23-2/h4-7,9,12,18H,3,8,10-11,13-15H2,1-2H3. The quantitative estimate of drug-likeness (QED) is 0.783. The Kier molecular flexibility index (Phi) is 5.88. The fourth-order valence-electron chi connectivity index (χ4n) is 3.25. The molecule has 1 atom stereocenters. The number of hydrogen-bond acceptors (Lipinski definition) is 4. The van der Waals surface area contributed by atoms with E-state index >= 15 is 0 Å². The van der Waals surface area contributed by atoms with Crippen molar-refractivity contribution in [1.29, 1.82) is 0 Å². The van der Waals surface area contributed by atoms with E-state index in [1.165, 1.54) is 5.56 Å². The van der Waals surface area contributed by atoms with Crippen molar-refractivity contribution in [2.45, 2.75) is 39.0 Å². The van der Waals surface area contributed by atoms with E-state index in [9.17, 15) is 0 Å². The minimum atomic E-state index is 0.223. The lowest BCUT2D eigenvalue weighted by Gasteiger charge is -2.33. The van der Waals surface area contributed by atoms with E-state index in [2.05, 4.69) is 39.7 Å². The van der Waals surface area contributed by atoms with Crippen LogP contribution in [0, 0.1) is 0 Å². The maximum Gasteiger partial charge on any atom is 0.122 e. The first-order chi connectivity index (χ1) is 11.8. The van der Waals surface area contributed by atoms with Crippen LogP contribution in [0.5, 0.6) is 5.75 Å². The lowest BCUT2D eigenvalue weighted by Crippen LogP contribution is -2.43. The third-order valence-corrected chi connectivity index (χ3v) is 4.45. The Labute approximate surface area is 144 Å². The zero-order chi connectivity index (χ0) is 16.8. The number of morpholine rings is 1. The van der Waals surface area contributed by atoms with Gasteiger partial charge >= 0.3 is 0 Å². The third-order valence-electron chi connectivity index (χ3n) is 4.45. The molecule has 0 aliphatic carbocycles. The van der Waals surface area contributed by atoms with E-state index in [0.29, 0.717) is 0 Å². The van der Waals surface area contributed by atoms with Gasteiger partial charge in [-0.3, -0.25) is 4.90 Å². The molecule has 1 aromatic carbocycles. The summed E-state index contributed by atoms with van der Waals surface area (Å²) in [7, 11) is 1.70. The Morgan fingerprint density at radius 2 is 2.29 bits per heavy atom. The summed E-state index contributed by atoms with van der Waals surface area (Å²) in [5, 5.41) is 0. The monoisotopic (exact) mass is 329 g/mol. The van der Waals surface area contributed by atoms with E-state index in [0.717, 1.165) is 57.2 Å². The van der Waals surface area contributed by atoms with Gasteiger partial charge in [-0.05, 0) is 24.1 Å². The summed E-state index contributed by atoms with van der Waals surface area (Å²) in [6.45, 7) is 6.81. The fourth-order valence-corrected chi connectivity index (χ4v) is 3.25. The first kappa shape index (κ1) is 17.0. The van der Waals surface area contributed by atoms with Crippen molar-refractivity contribution in [3.05, 3.63) is 48.0 Å². The largest absolute Gasteiger partial charge is 0.497 e. The second kappa shape index (κ2) is 8.31. The van der Waals surface area contributed by atoms with Gasteiger partial charge in [-0.1, -0.05) is 19.1 Å². The van der Waals surface area contributed by atoms with Crippen molar-refractivity contribution in [2.75, 3.05) is 26.8 Å². The van der Waals surface area contributed by atoms with Crippen LogP contribution in [0.25, 0.3) is 0 Å². The SMILES string of the molecule is CCCn1ccnc1CN1CCOC(Cc2cccc(OC)c2)C1. The zero-order valence-corrected chi connectivity index (χ0v) is 14.6. The Balaban J connectivity index is 1.58. The van der Waals surface area contributed by atoms with Gasteiger partial charge in [0.15, 0.2) is 0 Å². The highest BCUT2D eigenvalue weighted by Gasteiger charge is 2.22. The second-order valence-corrected chi connectivity index (χ2v) is 6.32. The van der Waals surface area contributed by atoms with E-state index in [4.69, 9.17) is 9.47 Å². The second-order valence-electron chi connectivity index (χ2n) is 6.32. The molecule has 24 heavy (non-hydrogen) atoms. The average molecular weight is 329 g/mol. The van der Waals surface area contributed by atoms with Gasteiger partial charge in [0.25, 0.3) is 0 Å². The van der Waals surface area contributed by atoms with Crippen LogP contribution in [-0.4, -0.2) is 47.4 Å². The summed E-state index contributed by atoms with van der Waals surface area (Å²) >= 11 is 0. The van der Waals surface area contributed by atoms with Crippen LogP contribution in [0.2, 0.25) is 0 Å². The van der Waals surface area contributed by atoms with Gasteiger partial charge in [-0.15, -0.1) is 0 Å². The molecule has 0 N–H and O–H groups in total. The zero-order valence-electron chi connectivity index (χ0n) is 14.6. The summed E-state index contributed by atoms with van der Waals surface area (Å²) < 4.78 is 13.5.